The first kappa shape index (κ1) is 32.7. The van der Waals surface area contributed by atoms with Gasteiger partial charge in [0.25, 0.3) is 0 Å². The highest BCUT2D eigenvalue weighted by Crippen LogP contribution is 2.13. The lowest BCUT2D eigenvalue weighted by Gasteiger charge is -2.12. The number of unbranched alkanes of at least 4 members (excludes halogenated alkanes) is 19. The normalized spacial score (nSPS) is 12.3. The van der Waals surface area contributed by atoms with E-state index in [9.17, 15) is 14.7 Å². The van der Waals surface area contributed by atoms with Crippen LogP contribution in [0.1, 0.15) is 162 Å². The first-order valence-electron chi connectivity index (χ1n) is 14.8. The van der Waals surface area contributed by atoms with Crippen LogP contribution in [0.5, 0.6) is 0 Å². The van der Waals surface area contributed by atoms with Gasteiger partial charge in [0.15, 0.2) is 0 Å². The summed E-state index contributed by atoms with van der Waals surface area (Å²) in [6, 6.07) is -0.806. The van der Waals surface area contributed by atoms with Crippen LogP contribution in [0.15, 0.2) is 12.2 Å². The zero-order valence-corrected chi connectivity index (χ0v) is 22.8. The number of aliphatic carboxylic acids is 1. The molecule has 0 radical (unpaired) electrons. The molecule has 0 fully saturated rings. The summed E-state index contributed by atoms with van der Waals surface area (Å²) in [6.07, 6.45) is 31.4. The van der Waals surface area contributed by atoms with Crippen molar-refractivity contribution in [3.05, 3.63) is 12.2 Å². The second kappa shape index (κ2) is 26.3. The van der Waals surface area contributed by atoms with E-state index in [0.717, 1.165) is 25.7 Å². The van der Waals surface area contributed by atoms with Gasteiger partial charge in [-0.1, -0.05) is 142 Å². The summed E-state index contributed by atoms with van der Waals surface area (Å²) < 4.78 is 0. The molecule has 0 aliphatic carbocycles. The van der Waals surface area contributed by atoms with Crippen molar-refractivity contribution in [2.45, 2.75) is 168 Å². The molecule has 0 aromatic rings. The number of rotatable bonds is 26. The first-order valence-corrected chi connectivity index (χ1v) is 14.8. The molecule has 0 rings (SSSR count). The topological polar surface area (TPSA) is 66.4 Å². The maximum atomic E-state index is 12.1. The van der Waals surface area contributed by atoms with Crippen LogP contribution in [0.2, 0.25) is 0 Å². The van der Waals surface area contributed by atoms with Gasteiger partial charge in [0.2, 0.25) is 5.91 Å². The minimum absolute atomic E-state index is 0.130. The first-order chi connectivity index (χ1) is 16.6. The molecule has 0 aliphatic rings. The number of hydrogen-bond donors (Lipinski definition) is 2. The van der Waals surface area contributed by atoms with Gasteiger partial charge in [0, 0.05) is 6.42 Å². The number of nitrogens with one attached hydrogen (secondary N) is 1. The molecule has 0 saturated carbocycles. The van der Waals surface area contributed by atoms with E-state index in [-0.39, 0.29) is 5.91 Å². The minimum atomic E-state index is -0.945. The highest BCUT2D eigenvalue weighted by molar-refractivity contribution is 5.83. The van der Waals surface area contributed by atoms with Crippen LogP contribution in [0, 0.1) is 0 Å². The summed E-state index contributed by atoms with van der Waals surface area (Å²) in [4.78, 5) is 23.6. The zero-order chi connectivity index (χ0) is 25.1. The fourth-order valence-electron chi connectivity index (χ4n) is 4.36. The molecule has 4 nitrogen and oxygen atoms in total. The quantitative estimate of drug-likeness (QED) is 0.0960. The lowest BCUT2D eigenvalue weighted by molar-refractivity contribution is -0.141. The summed E-state index contributed by atoms with van der Waals surface area (Å²) in [6.45, 7) is 4.49. The van der Waals surface area contributed by atoms with Gasteiger partial charge in [0.05, 0.1) is 0 Å². The van der Waals surface area contributed by atoms with Gasteiger partial charge in [-0.15, -0.1) is 0 Å². The molecule has 0 saturated heterocycles. The number of carboxylic acids is 1. The molecule has 0 aromatic heterocycles. The third kappa shape index (κ3) is 23.8. The number of allylic oxidation sites excluding steroid dienone is 1. The van der Waals surface area contributed by atoms with Gasteiger partial charge in [-0.25, -0.2) is 4.79 Å². The Bertz CT molecular complexity index is 489. The van der Waals surface area contributed by atoms with Crippen LogP contribution in [-0.2, 0) is 9.59 Å². The molecule has 2 N–H and O–H groups in total. The van der Waals surface area contributed by atoms with Crippen LogP contribution < -0.4 is 5.32 Å². The maximum absolute atomic E-state index is 12.1. The fraction of sp³-hybridized carbons (Fsp3) is 0.867. The molecule has 200 valence electrons. The van der Waals surface area contributed by atoms with E-state index in [4.69, 9.17) is 0 Å². The van der Waals surface area contributed by atoms with E-state index >= 15 is 0 Å². The van der Waals surface area contributed by atoms with Crippen LogP contribution >= 0.6 is 0 Å². The Kier molecular flexibility index (Phi) is 25.3. The van der Waals surface area contributed by atoms with Crippen molar-refractivity contribution in [3.8, 4) is 0 Å². The Morgan fingerprint density at radius 1 is 0.618 bits per heavy atom. The minimum Gasteiger partial charge on any atom is -0.480 e. The maximum Gasteiger partial charge on any atom is 0.326 e. The molecule has 0 spiro atoms. The SMILES string of the molecule is CCCCCCCCCCCCC/C=C/CC(NC(=O)CCCCCCCCCCC)C(=O)O. The van der Waals surface area contributed by atoms with Crippen molar-refractivity contribution in [3.63, 3.8) is 0 Å². The monoisotopic (exact) mass is 479 g/mol. The van der Waals surface area contributed by atoms with E-state index in [0.29, 0.717) is 12.8 Å². The van der Waals surface area contributed by atoms with Crippen molar-refractivity contribution >= 4 is 11.9 Å². The average molecular weight is 480 g/mol. The van der Waals surface area contributed by atoms with Crippen LogP contribution in [-0.4, -0.2) is 23.0 Å². The second-order valence-electron chi connectivity index (χ2n) is 10.1. The van der Waals surface area contributed by atoms with E-state index < -0.39 is 12.0 Å². The average Bonchev–Trinajstić information content (AvgIpc) is 2.82. The molecule has 0 aliphatic heterocycles. The summed E-state index contributed by atoms with van der Waals surface area (Å²) in [5.41, 5.74) is 0. The molecule has 1 atom stereocenters. The number of carbonyl (C=O) groups excluding carboxylic acids is 1. The van der Waals surface area contributed by atoms with E-state index in [1.807, 2.05) is 6.08 Å². The van der Waals surface area contributed by atoms with Gasteiger partial charge in [0.1, 0.15) is 6.04 Å². The predicted molar refractivity (Wildman–Crippen MR) is 146 cm³/mol. The number of amides is 1. The highest BCUT2D eigenvalue weighted by Gasteiger charge is 2.17. The smallest absolute Gasteiger partial charge is 0.326 e. The lowest BCUT2D eigenvalue weighted by Crippen LogP contribution is -2.40. The van der Waals surface area contributed by atoms with Crippen molar-refractivity contribution in [1.29, 1.82) is 0 Å². The zero-order valence-electron chi connectivity index (χ0n) is 22.8. The molecule has 4 heteroatoms. The third-order valence-electron chi connectivity index (χ3n) is 6.65. The molecule has 0 aromatic carbocycles. The molecule has 1 amide bonds. The molecule has 0 bridgehead atoms. The van der Waals surface area contributed by atoms with E-state index in [2.05, 4.69) is 25.2 Å². The summed E-state index contributed by atoms with van der Waals surface area (Å²) in [5.74, 6) is -1.08. The van der Waals surface area contributed by atoms with Gasteiger partial charge < -0.3 is 10.4 Å². The Balaban J connectivity index is 3.67. The van der Waals surface area contributed by atoms with E-state index in [1.165, 1.54) is 109 Å². The highest BCUT2D eigenvalue weighted by atomic mass is 16.4. The van der Waals surface area contributed by atoms with Crippen LogP contribution in [0.3, 0.4) is 0 Å². The van der Waals surface area contributed by atoms with E-state index in [1.54, 1.807) is 0 Å². The summed E-state index contributed by atoms with van der Waals surface area (Å²) >= 11 is 0. The largest absolute Gasteiger partial charge is 0.480 e. The Morgan fingerprint density at radius 2 is 1.03 bits per heavy atom. The molecular formula is C30H57NO3. The summed E-state index contributed by atoms with van der Waals surface area (Å²) in [5, 5.41) is 12.1. The van der Waals surface area contributed by atoms with Gasteiger partial charge in [-0.05, 0) is 25.7 Å². The fourth-order valence-corrected chi connectivity index (χ4v) is 4.36. The predicted octanol–water partition coefficient (Wildman–Crippen LogP) is 9.12. The van der Waals surface area contributed by atoms with Gasteiger partial charge >= 0.3 is 5.97 Å². The van der Waals surface area contributed by atoms with Crippen LogP contribution in [0.25, 0.3) is 0 Å². The van der Waals surface area contributed by atoms with Crippen LogP contribution in [0.4, 0.5) is 0 Å². The number of hydrogen-bond acceptors (Lipinski definition) is 2. The van der Waals surface area contributed by atoms with Crippen molar-refractivity contribution < 1.29 is 14.7 Å². The molecular weight excluding hydrogens is 422 g/mol. The lowest BCUT2D eigenvalue weighted by atomic mass is 10.0. The Hall–Kier alpha value is -1.32. The van der Waals surface area contributed by atoms with Crippen molar-refractivity contribution in [1.82, 2.24) is 5.32 Å². The summed E-state index contributed by atoms with van der Waals surface area (Å²) in [7, 11) is 0. The Morgan fingerprint density at radius 3 is 1.47 bits per heavy atom. The van der Waals surface area contributed by atoms with Gasteiger partial charge in [-0.3, -0.25) is 4.79 Å². The number of carbonyl (C=O) groups is 2. The molecule has 1 unspecified atom stereocenters. The standard InChI is InChI=1S/C30H57NO3/c1-3-5-7-9-11-13-14-15-16-17-19-20-22-24-26-28(30(33)34)31-29(32)27-25-23-21-18-12-10-8-6-4-2/h22,24,28H,3-21,23,25-27H2,1-2H3,(H,31,32)(H,33,34)/b24-22+. The second-order valence-corrected chi connectivity index (χ2v) is 10.1. The van der Waals surface area contributed by atoms with Crippen molar-refractivity contribution in [2.24, 2.45) is 0 Å². The van der Waals surface area contributed by atoms with Crippen molar-refractivity contribution in [2.75, 3.05) is 0 Å². The van der Waals surface area contributed by atoms with Gasteiger partial charge in [-0.2, -0.15) is 0 Å². The molecule has 0 heterocycles. The number of carboxylic acid groups (broad SMARTS) is 1. The molecule has 34 heavy (non-hydrogen) atoms. The Labute approximate surface area is 211 Å². The third-order valence-corrected chi connectivity index (χ3v) is 6.65.